The van der Waals surface area contributed by atoms with Gasteiger partial charge in [-0.2, -0.15) is 0 Å². The average Bonchev–Trinajstić information content (AvgIpc) is 3.17. The van der Waals surface area contributed by atoms with Gasteiger partial charge in [0, 0.05) is 26.2 Å². The summed E-state index contributed by atoms with van der Waals surface area (Å²) in [6, 6.07) is 15.7. The van der Waals surface area contributed by atoms with Gasteiger partial charge in [0.05, 0.1) is 0 Å². The van der Waals surface area contributed by atoms with Crippen molar-refractivity contribution in [3.63, 3.8) is 0 Å². The normalized spacial score (nSPS) is 24.9. The maximum atomic E-state index is 13.3. The van der Waals surface area contributed by atoms with Crippen molar-refractivity contribution in [3.8, 4) is 0 Å². The van der Waals surface area contributed by atoms with Gasteiger partial charge in [0.2, 0.25) is 5.91 Å². The molecule has 0 radical (unpaired) electrons. The smallest absolute Gasteiger partial charge is 0.253 e. The minimum atomic E-state index is -0.971. The zero-order valence-corrected chi connectivity index (χ0v) is 15.7. The summed E-state index contributed by atoms with van der Waals surface area (Å²) < 4.78 is 0. The number of fused-ring (bicyclic) bond motifs is 1. The zero-order valence-electron chi connectivity index (χ0n) is 14.8. The SMILES string of the molecule is CC(=O)N1CCc2cc(C3(c4ccccc4)NC(S)N(C)C3=O)ccc21. The molecule has 2 aromatic carbocycles. The predicted octanol–water partition coefficient (Wildman–Crippen LogP) is 2.11. The van der Waals surface area contributed by atoms with Gasteiger partial charge in [-0.25, -0.2) is 0 Å². The number of hydrogen-bond acceptors (Lipinski definition) is 4. The molecule has 0 aliphatic carbocycles. The monoisotopic (exact) mass is 367 g/mol. The first-order chi connectivity index (χ1) is 12.4. The second-order valence-corrected chi connectivity index (χ2v) is 7.30. The summed E-state index contributed by atoms with van der Waals surface area (Å²) in [5.41, 5.74) is 2.44. The van der Waals surface area contributed by atoms with E-state index in [9.17, 15) is 9.59 Å². The Morgan fingerprint density at radius 1 is 1.19 bits per heavy atom. The van der Waals surface area contributed by atoms with Crippen molar-refractivity contribution in [1.29, 1.82) is 0 Å². The van der Waals surface area contributed by atoms with Gasteiger partial charge >= 0.3 is 0 Å². The van der Waals surface area contributed by atoms with E-state index in [1.807, 2.05) is 42.5 Å². The molecule has 1 saturated heterocycles. The van der Waals surface area contributed by atoms with Crippen LogP contribution in [-0.4, -0.2) is 35.8 Å². The quantitative estimate of drug-likeness (QED) is 0.800. The van der Waals surface area contributed by atoms with Gasteiger partial charge in [-0.1, -0.05) is 42.5 Å². The summed E-state index contributed by atoms with van der Waals surface area (Å²) in [5.74, 6) is 0.00423. The fourth-order valence-electron chi connectivity index (χ4n) is 3.96. The molecule has 5 nitrogen and oxygen atoms in total. The molecule has 4 rings (SSSR count). The molecule has 2 amide bonds. The number of hydrogen-bond donors (Lipinski definition) is 2. The number of rotatable bonds is 2. The van der Waals surface area contributed by atoms with Gasteiger partial charge in [-0.05, 0) is 29.2 Å². The third-order valence-corrected chi connectivity index (χ3v) is 5.82. The van der Waals surface area contributed by atoms with E-state index in [0.29, 0.717) is 6.54 Å². The van der Waals surface area contributed by atoms with E-state index in [4.69, 9.17) is 0 Å². The van der Waals surface area contributed by atoms with Crippen LogP contribution in [-0.2, 0) is 21.5 Å². The molecule has 2 aliphatic heterocycles. The minimum absolute atomic E-state index is 0.0370. The van der Waals surface area contributed by atoms with Crippen molar-refractivity contribution in [2.24, 2.45) is 0 Å². The fourth-order valence-corrected chi connectivity index (χ4v) is 4.26. The summed E-state index contributed by atoms with van der Waals surface area (Å²) in [6.07, 6.45) is 0.794. The first-order valence-electron chi connectivity index (χ1n) is 8.65. The maximum Gasteiger partial charge on any atom is 0.253 e. The van der Waals surface area contributed by atoms with E-state index in [1.165, 1.54) is 0 Å². The van der Waals surface area contributed by atoms with Crippen LogP contribution in [0.5, 0.6) is 0 Å². The lowest BCUT2D eigenvalue weighted by molar-refractivity contribution is -0.130. The summed E-state index contributed by atoms with van der Waals surface area (Å²) in [4.78, 5) is 28.5. The summed E-state index contributed by atoms with van der Waals surface area (Å²) in [6.45, 7) is 2.26. The standard InChI is InChI=1S/C20H21N3O2S/c1-13(24)23-11-10-14-12-16(8-9-17(14)23)20(15-6-4-3-5-7-15)18(25)22(2)19(26)21-20/h3-9,12,19,21,26H,10-11H2,1-2H3. The van der Waals surface area contributed by atoms with E-state index >= 15 is 0 Å². The predicted molar refractivity (Wildman–Crippen MR) is 104 cm³/mol. The number of thiol groups is 1. The van der Waals surface area contributed by atoms with Gasteiger partial charge in [0.25, 0.3) is 5.91 Å². The third kappa shape index (κ3) is 2.36. The van der Waals surface area contributed by atoms with Crippen LogP contribution in [0.25, 0.3) is 0 Å². The molecule has 2 unspecified atom stereocenters. The molecule has 1 fully saturated rings. The highest BCUT2D eigenvalue weighted by molar-refractivity contribution is 7.80. The van der Waals surface area contributed by atoms with Gasteiger partial charge < -0.3 is 9.80 Å². The van der Waals surface area contributed by atoms with Gasteiger partial charge in [-0.15, -0.1) is 12.6 Å². The van der Waals surface area contributed by atoms with Crippen LogP contribution in [0.15, 0.2) is 48.5 Å². The number of benzene rings is 2. The molecule has 1 N–H and O–H groups in total. The highest BCUT2D eigenvalue weighted by atomic mass is 32.1. The molecular weight excluding hydrogens is 346 g/mol. The molecule has 6 heteroatoms. The number of likely N-dealkylation sites (N-methyl/N-ethyl adjacent to an activating group) is 1. The number of nitrogens with one attached hydrogen (secondary N) is 1. The van der Waals surface area contributed by atoms with Gasteiger partial charge in [0.1, 0.15) is 5.50 Å². The maximum absolute atomic E-state index is 13.3. The number of nitrogens with zero attached hydrogens (tertiary/aromatic N) is 2. The van der Waals surface area contributed by atoms with Crippen molar-refractivity contribution < 1.29 is 9.59 Å². The molecule has 134 valence electrons. The summed E-state index contributed by atoms with van der Waals surface area (Å²) in [5, 5.41) is 3.38. The van der Waals surface area contributed by atoms with E-state index in [0.717, 1.165) is 28.8 Å². The van der Waals surface area contributed by atoms with Crippen molar-refractivity contribution in [3.05, 3.63) is 65.2 Å². The van der Waals surface area contributed by atoms with Gasteiger partial charge in [-0.3, -0.25) is 14.9 Å². The number of carbonyl (C=O) groups is 2. The Bertz CT molecular complexity index is 886. The first kappa shape index (κ1) is 17.1. The Hall–Kier alpha value is -2.31. The largest absolute Gasteiger partial charge is 0.319 e. The lowest BCUT2D eigenvalue weighted by atomic mass is 9.82. The van der Waals surface area contributed by atoms with Crippen LogP contribution < -0.4 is 10.2 Å². The molecule has 2 heterocycles. The molecule has 2 aromatic rings. The zero-order chi connectivity index (χ0) is 18.5. The Balaban J connectivity index is 1.87. The fraction of sp³-hybridized carbons (Fsp3) is 0.300. The van der Waals surface area contributed by atoms with Crippen molar-refractivity contribution in [2.45, 2.75) is 24.4 Å². The molecule has 0 bridgehead atoms. The number of carbonyl (C=O) groups excluding carboxylic acids is 2. The summed E-state index contributed by atoms with van der Waals surface area (Å²) >= 11 is 4.52. The topological polar surface area (TPSA) is 52.7 Å². The van der Waals surface area contributed by atoms with Crippen LogP contribution in [0.3, 0.4) is 0 Å². The van der Waals surface area contributed by atoms with Crippen LogP contribution in [0.1, 0.15) is 23.6 Å². The molecule has 0 saturated carbocycles. The lowest BCUT2D eigenvalue weighted by Gasteiger charge is -2.29. The Morgan fingerprint density at radius 2 is 1.92 bits per heavy atom. The Morgan fingerprint density at radius 3 is 2.54 bits per heavy atom. The summed E-state index contributed by atoms with van der Waals surface area (Å²) in [7, 11) is 1.75. The van der Waals surface area contributed by atoms with Crippen molar-refractivity contribution >= 4 is 30.1 Å². The molecule has 0 spiro atoms. The van der Waals surface area contributed by atoms with Crippen LogP contribution in [0, 0.1) is 0 Å². The highest BCUT2D eigenvalue weighted by Crippen LogP contribution is 2.40. The third-order valence-electron chi connectivity index (χ3n) is 5.35. The highest BCUT2D eigenvalue weighted by Gasteiger charge is 2.51. The van der Waals surface area contributed by atoms with Gasteiger partial charge in [0.15, 0.2) is 5.54 Å². The second kappa shape index (κ2) is 6.14. The van der Waals surface area contributed by atoms with Crippen molar-refractivity contribution in [1.82, 2.24) is 10.2 Å². The van der Waals surface area contributed by atoms with E-state index in [1.54, 1.807) is 23.8 Å². The van der Waals surface area contributed by atoms with Crippen LogP contribution in [0.4, 0.5) is 5.69 Å². The number of amides is 2. The number of anilines is 1. The molecule has 0 aromatic heterocycles. The second-order valence-electron chi connectivity index (χ2n) is 6.81. The molecular formula is C20H21N3O2S. The molecule has 2 aliphatic rings. The van der Waals surface area contributed by atoms with E-state index < -0.39 is 5.54 Å². The van der Waals surface area contributed by atoms with E-state index in [2.05, 4.69) is 24.0 Å². The Labute approximate surface area is 158 Å². The minimum Gasteiger partial charge on any atom is -0.319 e. The van der Waals surface area contributed by atoms with Crippen LogP contribution in [0.2, 0.25) is 0 Å². The van der Waals surface area contributed by atoms with E-state index in [-0.39, 0.29) is 17.3 Å². The lowest BCUT2D eigenvalue weighted by Crippen LogP contribution is -2.45. The average molecular weight is 367 g/mol. The van der Waals surface area contributed by atoms with Crippen LogP contribution >= 0.6 is 12.6 Å². The first-order valence-corrected chi connectivity index (χ1v) is 9.17. The van der Waals surface area contributed by atoms with Crippen molar-refractivity contribution in [2.75, 3.05) is 18.5 Å². The molecule has 26 heavy (non-hydrogen) atoms. The molecule has 2 atom stereocenters. The Kier molecular flexibility index (Phi) is 4.04.